The summed E-state index contributed by atoms with van der Waals surface area (Å²) in [5.41, 5.74) is 0.0694. The third-order valence-corrected chi connectivity index (χ3v) is 4.27. The number of benzene rings is 1. The lowest BCUT2D eigenvalue weighted by Gasteiger charge is -2.28. The summed E-state index contributed by atoms with van der Waals surface area (Å²) in [6, 6.07) is 13.5. The number of hydrogen-bond donors (Lipinski definition) is 1. The van der Waals surface area contributed by atoms with Crippen molar-refractivity contribution >= 4 is 17.3 Å². The third kappa shape index (κ3) is 2.31. The van der Waals surface area contributed by atoms with Gasteiger partial charge in [0.05, 0.1) is 5.41 Å². The summed E-state index contributed by atoms with van der Waals surface area (Å²) in [4.78, 5) is 12.9. The van der Waals surface area contributed by atoms with Crippen molar-refractivity contribution in [2.45, 2.75) is 25.2 Å². The van der Waals surface area contributed by atoms with Gasteiger partial charge in [-0.1, -0.05) is 43.3 Å². The molecule has 1 atom stereocenters. The fourth-order valence-electron chi connectivity index (χ4n) is 2.25. The highest BCUT2D eigenvalue weighted by Gasteiger charge is 2.38. The summed E-state index contributed by atoms with van der Waals surface area (Å²) < 4.78 is 0. The molecule has 2 rings (SSSR count). The van der Waals surface area contributed by atoms with Gasteiger partial charge in [-0.3, -0.25) is 4.79 Å². The number of rotatable bonds is 5. The molecule has 0 fully saturated rings. The molecule has 1 heterocycles. The molecule has 0 aliphatic rings. The molecule has 1 aromatic carbocycles. The summed E-state index contributed by atoms with van der Waals surface area (Å²) >= 11 is 1.61. The van der Waals surface area contributed by atoms with Gasteiger partial charge >= 0.3 is 5.97 Å². The molecule has 18 heavy (non-hydrogen) atoms. The highest BCUT2D eigenvalue weighted by atomic mass is 32.1. The van der Waals surface area contributed by atoms with Crippen LogP contribution in [0.25, 0.3) is 0 Å². The van der Waals surface area contributed by atoms with Crippen LogP contribution in [0.3, 0.4) is 0 Å². The molecule has 3 heteroatoms. The minimum Gasteiger partial charge on any atom is -0.481 e. The molecule has 0 saturated heterocycles. The van der Waals surface area contributed by atoms with Gasteiger partial charge in [-0.15, -0.1) is 11.3 Å². The van der Waals surface area contributed by atoms with Gasteiger partial charge in [0.1, 0.15) is 0 Å². The highest BCUT2D eigenvalue weighted by molar-refractivity contribution is 7.09. The quantitative estimate of drug-likeness (QED) is 0.889. The van der Waals surface area contributed by atoms with Crippen molar-refractivity contribution in [3.8, 4) is 0 Å². The van der Waals surface area contributed by atoms with E-state index in [-0.39, 0.29) is 0 Å². The van der Waals surface area contributed by atoms with E-state index in [2.05, 4.69) is 0 Å². The first-order chi connectivity index (χ1) is 8.69. The Labute approximate surface area is 111 Å². The van der Waals surface area contributed by atoms with E-state index in [9.17, 15) is 9.90 Å². The SMILES string of the molecule is CCC(Cc1cccs1)(C(=O)O)c1ccccc1. The molecule has 0 bridgehead atoms. The molecule has 0 amide bonds. The van der Waals surface area contributed by atoms with Gasteiger partial charge in [-0.2, -0.15) is 0 Å². The van der Waals surface area contributed by atoms with Gasteiger partial charge in [0.15, 0.2) is 0 Å². The Hall–Kier alpha value is -1.61. The Morgan fingerprint density at radius 1 is 1.22 bits per heavy atom. The topological polar surface area (TPSA) is 37.3 Å². The van der Waals surface area contributed by atoms with Crippen LogP contribution in [-0.4, -0.2) is 11.1 Å². The average molecular weight is 260 g/mol. The van der Waals surface area contributed by atoms with Crippen LogP contribution in [0.5, 0.6) is 0 Å². The highest BCUT2D eigenvalue weighted by Crippen LogP contribution is 2.33. The predicted octanol–water partition coefficient (Wildman–Crippen LogP) is 3.72. The summed E-state index contributed by atoms with van der Waals surface area (Å²) in [6.45, 7) is 1.94. The first-order valence-corrected chi connectivity index (χ1v) is 6.88. The van der Waals surface area contributed by atoms with Crippen LogP contribution in [-0.2, 0) is 16.6 Å². The van der Waals surface area contributed by atoms with Gasteiger partial charge in [-0.25, -0.2) is 0 Å². The smallest absolute Gasteiger partial charge is 0.314 e. The van der Waals surface area contributed by atoms with E-state index < -0.39 is 11.4 Å². The second kappa shape index (κ2) is 5.36. The molecular weight excluding hydrogens is 244 g/mol. The second-order valence-electron chi connectivity index (χ2n) is 4.36. The maximum atomic E-state index is 11.8. The Bertz CT molecular complexity index is 505. The van der Waals surface area contributed by atoms with Crippen molar-refractivity contribution in [2.24, 2.45) is 0 Å². The minimum atomic E-state index is -0.813. The van der Waals surface area contributed by atoms with E-state index in [4.69, 9.17) is 0 Å². The number of hydrogen-bond acceptors (Lipinski definition) is 2. The fourth-order valence-corrected chi connectivity index (χ4v) is 3.07. The normalized spacial score (nSPS) is 14.1. The molecule has 2 nitrogen and oxygen atoms in total. The fraction of sp³-hybridized carbons (Fsp3) is 0.267. The lowest BCUT2D eigenvalue weighted by Crippen LogP contribution is -2.37. The molecule has 2 aromatic rings. The molecule has 0 aliphatic heterocycles. The first kappa shape index (κ1) is 12.8. The van der Waals surface area contributed by atoms with E-state index in [1.807, 2.05) is 54.8 Å². The maximum Gasteiger partial charge on any atom is 0.314 e. The lowest BCUT2D eigenvalue weighted by atomic mass is 9.75. The van der Waals surface area contributed by atoms with Crippen molar-refractivity contribution in [3.05, 3.63) is 58.3 Å². The summed E-state index contributed by atoms with van der Waals surface area (Å²) in [5.74, 6) is -0.746. The Morgan fingerprint density at radius 2 is 1.94 bits per heavy atom. The van der Waals surface area contributed by atoms with Crippen molar-refractivity contribution < 1.29 is 9.90 Å². The molecule has 94 valence electrons. The van der Waals surface area contributed by atoms with Gasteiger partial charge in [0, 0.05) is 11.3 Å². The second-order valence-corrected chi connectivity index (χ2v) is 5.40. The number of carboxylic acids is 1. The van der Waals surface area contributed by atoms with Gasteiger partial charge in [0.25, 0.3) is 0 Å². The zero-order chi connectivity index (χ0) is 13.0. The summed E-state index contributed by atoms with van der Waals surface area (Å²) in [5, 5.41) is 11.7. The van der Waals surface area contributed by atoms with Crippen molar-refractivity contribution in [1.29, 1.82) is 0 Å². The van der Waals surface area contributed by atoms with E-state index in [0.717, 1.165) is 10.4 Å². The lowest BCUT2D eigenvalue weighted by molar-refractivity contribution is -0.144. The van der Waals surface area contributed by atoms with Crippen LogP contribution in [0.15, 0.2) is 47.8 Å². The number of carbonyl (C=O) groups is 1. The minimum absolute atomic E-state index is 0.556. The van der Waals surface area contributed by atoms with Gasteiger partial charge in [0.2, 0.25) is 0 Å². The zero-order valence-corrected chi connectivity index (χ0v) is 11.1. The van der Waals surface area contributed by atoms with Crippen LogP contribution in [0, 0.1) is 0 Å². The van der Waals surface area contributed by atoms with Gasteiger partial charge in [-0.05, 0) is 23.4 Å². The first-order valence-electron chi connectivity index (χ1n) is 6.00. The van der Waals surface area contributed by atoms with Crippen molar-refractivity contribution in [2.75, 3.05) is 0 Å². The molecule has 0 radical (unpaired) electrons. The molecule has 1 N–H and O–H groups in total. The summed E-state index contributed by atoms with van der Waals surface area (Å²) in [6.07, 6.45) is 1.14. The number of thiophene rings is 1. The van der Waals surface area contributed by atoms with Crippen LogP contribution < -0.4 is 0 Å². The molecular formula is C15H16O2S. The molecule has 1 aromatic heterocycles. The largest absolute Gasteiger partial charge is 0.481 e. The standard InChI is InChI=1S/C15H16O2S/c1-2-15(14(16)17,11-13-9-6-10-18-13)12-7-4-3-5-8-12/h3-10H,2,11H2,1H3,(H,16,17). The molecule has 0 spiro atoms. The zero-order valence-electron chi connectivity index (χ0n) is 10.3. The maximum absolute atomic E-state index is 11.8. The number of aliphatic carboxylic acids is 1. The van der Waals surface area contributed by atoms with E-state index in [0.29, 0.717) is 12.8 Å². The van der Waals surface area contributed by atoms with Crippen molar-refractivity contribution in [1.82, 2.24) is 0 Å². The Kier molecular flexibility index (Phi) is 3.82. The molecule has 0 saturated carbocycles. The van der Waals surface area contributed by atoms with Crippen molar-refractivity contribution in [3.63, 3.8) is 0 Å². The van der Waals surface area contributed by atoms with Crippen LogP contribution in [0.1, 0.15) is 23.8 Å². The summed E-state index contributed by atoms with van der Waals surface area (Å²) in [7, 11) is 0. The van der Waals surface area contributed by atoms with Gasteiger partial charge < -0.3 is 5.11 Å². The molecule has 0 aliphatic carbocycles. The monoisotopic (exact) mass is 260 g/mol. The third-order valence-electron chi connectivity index (χ3n) is 3.40. The van der Waals surface area contributed by atoms with Crippen LogP contribution >= 0.6 is 11.3 Å². The molecule has 1 unspecified atom stereocenters. The predicted molar refractivity (Wildman–Crippen MR) is 74.1 cm³/mol. The van der Waals surface area contributed by atoms with E-state index in [1.54, 1.807) is 11.3 Å². The van der Waals surface area contributed by atoms with E-state index >= 15 is 0 Å². The Balaban J connectivity index is 2.43. The Morgan fingerprint density at radius 3 is 2.44 bits per heavy atom. The number of carboxylic acid groups (broad SMARTS) is 1. The average Bonchev–Trinajstić information content (AvgIpc) is 2.89. The van der Waals surface area contributed by atoms with Crippen LogP contribution in [0.4, 0.5) is 0 Å². The van der Waals surface area contributed by atoms with Crippen LogP contribution in [0.2, 0.25) is 0 Å². The van der Waals surface area contributed by atoms with E-state index in [1.165, 1.54) is 0 Å².